The van der Waals surface area contributed by atoms with Crippen LogP contribution >= 0.6 is 0 Å². The number of urea groups is 1. The first-order valence-corrected chi connectivity index (χ1v) is 9.91. The zero-order chi connectivity index (χ0) is 19.4. The van der Waals surface area contributed by atoms with Gasteiger partial charge in [0, 0.05) is 56.6 Å². The highest BCUT2D eigenvalue weighted by atomic mass is 19.2. The van der Waals surface area contributed by atoms with Gasteiger partial charge in [-0.3, -0.25) is 0 Å². The van der Waals surface area contributed by atoms with Crippen molar-refractivity contribution in [2.45, 2.75) is 45.2 Å². The Morgan fingerprint density at radius 1 is 1.15 bits per heavy atom. The predicted molar refractivity (Wildman–Crippen MR) is 103 cm³/mol. The summed E-state index contributed by atoms with van der Waals surface area (Å²) in [5.74, 6) is -1.34. The molecule has 0 bridgehead atoms. The van der Waals surface area contributed by atoms with Crippen molar-refractivity contribution in [3.63, 3.8) is 0 Å². The average molecular weight is 380 g/mol. The number of carbonyl (C=O) groups excluding carboxylic acids is 1. The number of piperidine rings is 1. The zero-order valence-electron chi connectivity index (χ0n) is 16.2. The normalized spacial score (nSPS) is 21.7. The summed E-state index contributed by atoms with van der Waals surface area (Å²) in [6, 6.07) is 4.69. The van der Waals surface area contributed by atoms with Crippen LogP contribution in [0.1, 0.15) is 33.1 Å². The summed E-state index contributed by atoms with van der Waals surface area (Å²) < 4.78 is 26.5. The molecule has 2 heterocycles. The SMILES string of the molecule is CC(C)N1CCC(NC(=O)NC[C@H]2CCN(c3ccc(F)c(F)c3)C2)CC1. The quantitative estimate of drug-likeness (QED) is 0.826. The van der Waals surface area contributed by atoms with Gasteiger partial charge in [-0.1, -0.05) is 0 Å². The van der Waals surface area contributed by atoms with Gasteiger partial charge in [0.1, 0.15) is 0 Å². The van der Waals surface area contributed by atoms with Gasteiger partial charge in [-0.2, -0.15) is 0 Å². The molecule has 27 heavy (non-hydrogen) atoms. The highest BCUT2D eigenvalue weighted by Gasteiger charge is 2.25. The summed E-state index contributed by atoms with van der Waals surface area (Å²) in [7, 11) is 0. The minimum Gasteiger partial charge on any atom is -0.371 e. The second-order valence-electron chi connectivity index (χ2n) is 7.96. The molecule has 0 saturated carbocycles. The van der Waals surface area contributed by atoms with Crippen LogP contribution in [0.4, 0.5) is 19.3 Å². The molecule has 1 aromatic carbocycles. The molecule has 2 aliphatic heterocycles. The Hall–Kier alpha value is -1.89. The summed E-state index contributed by atoms with van der Waals surface area (Å²) >= 11 is 0. The number of benzene rings is 1. The lowest BCUT2D eigenvalue weighted by atomic mass is 10.0. The summed E-state index contributed by atoms with van der Waals surface area (Å²) in [6.07, 6.45) is 2.89. The first-order chi connectivity index (χ1) is 12.9. The smallest absolute Gasteiger partial charge is 0.315 e. The van der Waals surface area contributed by atoms with E-state index in [0.717, 1.165) is 51.5 Å². The monoisotopic (exact) mass is 380 g/mol. The molecule has 0 radical (unpaired) electrons. The third-order valence-electron chi connectivity index (χ3n) is 5.70. The molecule has 5 nitrogen and oxygen atoms in total. The van der Waals surface area contributed by atoms with Crippen molar-refractivity contribution in [2.75, 3.05) is 37.6 Å². The van der Waals surface area contributed by atoms with Crippen molar-refractivity contribution >= 4 is 11.7 Å². The molecule has 2 saturated heterocycles. The lowest BCUT2D eigenvalue weighted by Crippen LogP contribution is -2.49. The van der Waals surface area contributed by atoms with E-state index >= 15 is 0 Å². The van der Waals surface area contributed by atoms with Crippen molar-refractivity contribution < 1.29 is 13.6 Å². The molecule has 2 aliphatic rings. The second-order valence-corrected chi connectivity index (χ2v) is 7.96. The fraction of sp³-hybridized carbons (Fsp3) is 0.650. The summed E-state index contributed by atoms with van der Waals surface area (Å²) in [5.41, 5.74) is 0.692. The third-order valence-corrected chi connectivity index (χ3v) is 5.70. The molecule has 0 aliphatic carbocycles. The van der Waals surface area contributed by atoms with Gasteiger partial charge in [0.25, 0.3) is 0 Å². The third kappa shape index (κ3) is 5.31. The van der Waals surface area contributed by atoms with Gasteiger partial charge >= 0.3 is 6.03 Å². The van der Waals surface area contributed by atoms with E-state index in [1.165, 1.54) is 6.07 Å². The number of hydrogen-bond acceptors (Lipinski definition) is 3. The molecule has 7 heteroatoms. The number of halogens is 2. The van der Waals surface area contributed by atoms with Gasteiger partial charge in [0.05, 0.1) is 0 Å². The first kappa shape index (κ1) is 19.9. The van der Waals surface area contributed by atoms with Gasteiger partial charge < -0.3 is 20.4 Å². The molecule has 2 amide bonds. The fourth-order valence-electron chi connectivity index (χ4n) is 3.95. The summed E-state index contributed by atoms with van der Waals surface area (Å²) in [4.78, 5) is 16.6. The van der Waals surface area contributed by atoms with Crippen LogP contribution in [-0.2, 0) is 0 Å². The van der Waals surface area contributed by atoms with Gasteiger partial charge in [-0.05, 0) is 51.2 Å². The summed E-state index contributed by atoms with van der Waals surface area (Å²) in [5, 5.41) is 6.05. The standard InChI is InChI=1S/C20H30F2N4O/c1-14(2)25-9-6-16(7-10-25)24-20(27)23-12-15-5-8-26(13-15)17-3-4-18(21)19(22)11-17/h3-4,11,14-16H,5-10,12-13H2,1-2H3,(H2,23,24,27)/t15-/m1/s1. The van der Waals surface area contributed by atoms with Gasteiger partial charge in [-0.25, -0.2) is 13.6 Å². The Morgan fingerprint density at radius 2 is 1.89 bits per heavy atom. The number of anilines is 1. The van der Waals surface area contributed by atoms with Gasteiger partial charge in [-0.15, -0.1) is 0 Å². The van der Waals surface area contributed by atoms with Crippen LogP contribution < -0.4 is 15.5 Å². The molecule has 2 N–H and O–H groups in total. The van der Waals surface area contributed by atoms with E-state index in [2.05, 4.69) is 29.4 Å². The largest absolute Gasteiger partial charge is 0.371 e. The molecule has 1 aromatic rings. The second kappa shape index (κ2) is 8.87. The van der Waals surface area contributed by atoms with Gasteiger partial charge in [0.15, 0.2) is 11.6 Å². The lowest BCUT2D eigenvalue weighted by molar-refractivity contribution is 0.161. The van der Waals surface area contributed by atoms with Crippen molar-refractivity contribution in [1.82, 2.24) is 15.5 Å². The Balaban J connectivity index is 1.38. The molecular formula is C20H30F2N4O. The number of carbonyl (C=O) groups is 1. The molecule has 0 spiro atoms. The fourth-order valence-corrected chi connectivity index (χ4v) is 3.95. The molecule has 0 aromatic heterocycles. The van der Waals surface area contributed by atoms with Crippen LogP contribution in [0.25, 0.3) is 0 Å². The molecule has 150 valence electrons. The van der Waals surface area contributed by atoms with Crippen LogP contribution in [0.5, 0.6) is 0 Å². The number of hydrogen-bond donors (Lipinski definition) is 2. The Bertz CT molecular complexity index is 647. The van der Waals surface area contributed by atoms with Gasteiger partial charge in [0.2, 0.25) is 0 Å². The Kier molecular flexibility index (Phi) is 6.52. The van der Waals surface area contributed by atoms with Crippen LogP contribution in [0.2, 0.25) is 0 Å². The maximum atomic E-state index is 13.4. The van der Waals surface area contributed by atoms with Crippen LogP contribution in [0, 0.1) is 17.6 Å². The van der Waals surface area contributed by atoms with E-state index < -0.39 is 11.6 Å². The topological polar surface area (TPSA) is 47.6 Å². The Morgan fingerprint density at radius 3 is 2.56 bits per heavy atom. The van der Waals surface area contributed by atoms with Crippen molar-refractivity contribution in [3.05, 3.63) is 29.8 Å². The Labute approximate surface area is 160 Å². The zero-order valence-corrected chi connectivity index (χ0v) is 16.2. The summed E-state index contributed by atoms with van der Waals surface area (Å²) in [6.45, 7) is 8.56. The van der Waals surface area contributed by atoms with Crippen molar-refractivity contribution in [2.24, 2.45) is 5.92 Å². The van der Waals surface area contributed by atoms with E-state index in [-0.39, 0.29) is 12.1 Å². The number of nitrogens with zero attached hydrogens (tertiary/aromatic N) is 2. The van der Waals surface area contributed by atoms with E-state index in [9.17, 15) is 13.6 Å². The van der Waals surface area contributed by atoms with E-state index in [1.807, 2.05) is 4.90 Å². The van der Waals surface area contributed by atoms with Crippen molar-refractivity contribution in [3.8, 4) is 0 Å². The van der Waals surface area contributed by atoms with Crippen molar-refractivity contribution in [1.29, 1.82) is 0 Å². The van der Waals surface area contributed by atoms with Crippen LogP contribution in [0.15, 0.2) is 18.2 Å². The first-order valence-electron chi connectivity index (χ1n) is 9.91. The predicted octanol–water partition coefficient (Wildman–Crippen LogP) is 2.96. The van der Waals surface area contributed by atoms with E-state index in [1.54, 1.807) is 6.07 Å². The highest BCUT2D eigenvalue weighted by Crippen LogP contribution is 2.25. The van der Waals surface area contributed by atoms with E-state index in [4.69, 9.17) is 0 Å². The molecular weight excluding hydrogens is 350 g/mol. The van der Waals surface area contributed by atoms with E-state index in [0.29, 0.717) is 24.2 Å². The molecule has 1 atom stereocenters. The molecule has 0 unspecified atom stereocenters. The highest BCUT2D eigenvalue weighted by molar-refractivity contribution is 5.74. The average Bonchev–Trinajstić information content (AvgIpc) is 3.12. The molecule has 2 fully saturated rings. The maximum absolute atomic E-state index is 13.4. The molecule has 3 rings (SSSR count). The number of rotatable bonds is 5. The van der Waals surface area contributed by atoms with Crippen LogP contribution in [-0.4, -0.2) is 55.7 Å². The maximum Gasteiger partial charge on any atom is 0.315 e. The number of likely N-dealkylation sites (tertiary alicyclic amines) is 1. The lowest BCUT2D eigenvalue weighted by Gasteiger charge is -2.34. The van der Waals surface area contributed by atoms with Crippen LogP contribution in [0.3, 0.4) is 0 Å². The number of amides is 2. The number of nitrogens with one attached hydrogen (secondary N) is 2. The minimum atomic E-state index is -0.827. The minimum absolute atomic E-state index is 0.107.